The van der Waals surface area contributed by atoms with E-state index in [0.29, 0.717) is 5.75 Å². The molecular weight excluding hydrogens is 367 g/mol. The standard InChI is InChI=1S/C16H18IO3/c1-11-3-5-14(6-4-11)17-16-12(9-18)7-15(20-2)8-13(16)10-19/h3-8,18-19H,9-10H2,1-2H3/q-1. The molecule has 0 fully saturated rings. The molecule has 0 aliphatic heterocycles. The zero-order valence-electron chi connectivity index (χ0n) is 11.6. The summed E-state index contributed by atoms with van der Waals surface area (Å²) in [5.41, 5.74) is 2.93. The average Bonchev–Trinajstić information content (AvgIpc) is 2.49. The molecule has 0 atom stereocenters. The predicted octanol–water partition coefficient (Wildman–Crippen LogP) is -0.883. The summed E-state index contributed by atoms with van der Waals surface area (Å²) in [4.78, 5) is 0. The summed E-state index contributed by atoms with van der Waals surface area (Å²) in [6, 6.07) is 12.1. The number of halogens is 1. The molecule has 0 aliphatic carbocycles. The summed E-state index contributed by atoms with van der Waals surface area (Å²) in [7, 11) is 1.59. The van der Waals surface area contributed by atoms with Crippen LogP contribution < -0.4 is 25.9 Å². The van der Waals surface area contributed by atoms with Gasteiger partial charge in [0.05, 0.1) is 0 Å². The third kappa shape index (κ3) is 3.50. The second-order valence-corrected chi connectivity index (χ2v) is 7.33. The van der Waals surface area contributed by atoms with Crippen LogP contribution in [0.2, 0.25) is 0 Å². The van der Waals surface area contributed by atoms with Gasteiger partial charge in [0, 0.05) is 0 Å². The maximum absolute atomic E-state index is 9.56. The van der Waals surface area contributed by atoms with Gasteiger partial charge in [0.1, 0.15) is 0 Å². The molecule has 0 bridgehead atoms. The van der Waals surface area contributed by atoms with E-state index < -0.39 is 21.2 Å². The van der Waals surface area contributed by atoms with E-state index in [9.17, 15) is 10.2 Å². The molecule has 0 saturated carbocycles. The first kappa shape index (κ1) is 15.3. The minimum absolute atomic E-state index is 0.0366. The van der Waals surface area contributed by atoms with Crippen LogP contribution in [0.3, 0.4) is 0 Å². The van der Waals surface area contributed by atoms with Gasteiger partial charge in [-0.25, -0.2) is 0 Å². The molecule has 0 amide bonds. The maximum atomic E-state index is 9.56. The van der Waals surface area contributed by atoms with Crippen LogP contribution in [-0.4, -0.2) is 17.3 Å². The zero-order chi connectivity index (χ0) is 14.5. The van der Waals surface area contributed by atoms with E-state index in [1.807, 2.05) is 12.1 Å². The summed E-state index contributed by atoms with van der Waals surface area (Å²) in [6.07, 6.45) is 0. The SMILES string of the molecule is COc1cc(CO)c([I-]c2ccc(C)cc2)c(CO)c1. The first-order valence-electron chi connectivity index (χ1n) is 6.31. The van der Waals surface area contributed by atoms with Crippen molar-refractivity contribution >= 4 is 0 Å². The van der Waals surface area contributed by atoms with E-state index in [2.05, 4.69) is 31.2 Å². The Hall–Kier alpha value is -1.11. The van der Waals surface area contributed by atoms with E-state index in [-0.39, 0.29) is 13.2 Å². The van der Waals surface area contributed by atoms with Crippen molar-refractivity contribution in [1.82, 2.24) is 0 Å². The van der Waals surface area contributed by atoms with Crippen molar-refractivity contribution < 1.29 is 36.2 Å². The Labute approximate surface area is 129 Å². The molecule has 0 aromatic heterocycles. The number of aliphatic hydroxyl groups is 2. The molecule has 0 aliphatic rings. The van der Waals surface area contributed by atoms with Crippen LogP contribution in [0.25, 0.3) is 0 Å². The molecule has 0 unspecified atom stereocenters. The Morgan fingerprint density at radius 1 is 1.00 bits per heavy atom. The number of ether oxygens (including phenoxy) is 1. The van der Waals surface area contributed by atoms with Crippen LogP contribution in [0.4, 0.5) is 0 Å². The van der Waals surface area contributed by atoms with Gasteiger partial charge in [-0.3, -0.25) is 0 Å². The van der Waals surface area contributed by atoms with Crippen LogP contribution in [0.5, 0.6) is 5.75 Å². The van der Waals surface area contributed by atoms with E-state index in [4.69, 9.17) is 4.74 Å². The average molecular weight is 385 g/mol. The van der Waals surface area contributed by atoms with Gasteiger partial charge in [-0.2, -0.15) is 0 Å². The van der Waals surface area contributed by atoms with E-state index >= 15 is 0 Å². The molecular formula is C16H18IO3-. The van der Waals surface area contributed by atoms with Gasteiger partial charge in [0.2, 0.25) is 0 Å². The monoisotopic (exact) mass is 385 g/mol. The summed E-state index contributed by atoms with van der Waals surface area (Å²) in [5.74, 6) is 0.676. The molecule has 2 N–H and O–H groups in total. The number of hydrogen-bond donors (Lipinski definition) is 2. The Kier molecular flexibility index (Phi) is 5.39. The molecule has 2 aromatic carbocycles. The van der Waals surface area contributed by atoms with Crippen LogP contribution in [0.15, 0.2) is 36.4 Å². The summed E-state index contributed by atoms with van der Waals surface area (Å²) < 4.78 is 7.56. The van der Waals surface area contributed by atoms with Crippen LogP contribution in [0, 0.1) is 14.1 Å². The number of hydrogen-bond acceptors (Lipinski definition) is 3. The molecule has 3 nitrogen and oxygen atoms in total. The first-order chi connectivity index (χ1) is 9.67. The Morgan fingerprint density at radius 3 is 2.00 bits per heavy atom. The summed E-state index contributed by atoms with van der Waals surface area (Å²) in [6.45, 7) is 1.99. The van der Waals surface area contributed by atoms with Gasteiger partial charge in [-0.1, -0.05) is 0 Å². The molecule has 2 rings (SSSR count). The normalized spacial score (nSPS) is 10.8. The third-order valence-corrected chi connectivity index (χ3v) is 6.25. The molecule has 4 heteroatoms. The molecule has 108 valence electrons. The van der Waals surface area contributed by atoms with Gasteiger partial charge in [-0.05, 0) is 0 Å². The summed E-state index contributed by atoms with van der Waals surface area (Å²) >= 11 is -0.434. The molecule has 20 heavy (non-hydrogen) atoms. The van der Waals surface area contributed by atoms with Crippen molar-refractivity contribution in [2.75, 3.05) is 7.11 Å². The second kappa shape index (κ2) is 7.06. The Balaban J connectivity index is 2.41. The van der Waals surface area contributed by atoms with Crippen molar-refractivity contribution in [3.05, 3.63) is 60.2 Å². The van der Waals surface area contributed by atoms with Gasteiger partial charge < -0.3 is 0 Å². The Bertz CT molecular complexity index is 554. The number of rotatable bonds is 5. The fourth-order valence-electron chi connectivity index (χ4n) is 1.89. The molecule has 0 heterocycles. The fourth-order valence-corrected chi connectivity index (χ4v) is 4.58. The van der Waals surface area contributed by atoms with Crippen molar-refractivity contribution in [3.8, 4) is 5.75 Å². The number of aliphatic hydroxyl groups excluding tert-OH is 2. The van der Waals surface area contributed by atoms with Crippen molar-refractivity contribution in [2.45, 2.75) is 20.1 Å². The van der Waals surface area contributed by atoms with Crippen molar-refractivity contribution in [2.24, 2.45) is 0 Å². The van der Waals surface area contributed by atoms with E-state index in [1.165, 1.54) is 9.13 Å². The minimum atomic E-state index is -0.434. The number of benzene rings is 2. The first-order valence-corrected chi connectivity index (χ1v) is 8.46. The van der Waals surface area contributed by atoms with Gasteiger partial charge in [0.25, 0.3) is 0 Å². The number of methoxy groups -OCH3 is 1. The second-order valence-electron chi connectivity index (χ2n) is 4.47. The van der Waals surface area contributed by atoms with Gasteiger partial charge in [0.15, 0.2) is 0 Å². The van der Waals surface area contributed by atoms with Crippen LogP contribution in [-0.2, 0) is 13.2 Å². The van der Waals surface area contributed by atoms with Crippen molar-refractivity contribution in [1.29, 1.82) is 0 Å². The predicted molar refractivity (Wildman–Crippen MR) is 73.4 cm³/mol. The van der Waals surface area contributed by atoms with E-state index in [0.717, 1.165) is 14.7 Å². The topological polar surface area (TPSA) is 49.7 Å². The quantitative estimate of drug-likeness (QED) is 0.658. The number of aryl methyl sites for hydroxylation is 1. The molecule has 0 radical (unpaired) electrons. The fraction of sp³-hybridized carbons (Fsp3) is 0.250. The Morgan fingerprint density at radius 2 is 1.55 bits per heavy atom. The third-order valence-electron chi connectivity index (χ3n) is 2.99. The van der Waals surface area contributed by atoms with Crippen LogP contribution >= 0.6 is 0 Å². The molecule has 0 spiro atoms. The molecule has 0 saturated heterocycles. The van der Waals surface area contributed by atoms with Crippen molar-refractivity contribution in [3.63, 3.8) is 0 Å². The molecule has 2 aromatic rings. The van der Waals surface area contributed by atoms with Gasteiger partial charge >= 0.3 is 129 Å². The van der Waals surface area contributed by atoms with Crippen LogP contribution in [0.1, 0.15) is 16.7 Å². The zero-order valence-corrected chi connectivity index (χ0v) is 13.7. The van der Waals surface area contributed by atoms with Gasteiger partial charge in [-0.15, -0.1) is 0 Å². The van der Waals surface area contributed by atoms with E-state index in [1.54, 1.807) is 7.11 Å². The summed E-state index contributed by atoms with van der Waals surface area (Å²) in [5, 5.41) is 19.1.